The molecular formula is C26H28FN5O3. The molecule has 0 fully saturated rings. The van der Waals surface area contributed by atoms with Gasteiger partial charge in [0, 0.05) is 28.4 Å². The lowest BCUT2D eigenvalue weighted by atomic mass is 10.0. The number of ether oxygens (including phenoxy) is 2. The molecule has 2 heterocycles. The van der Waals surface area contributed by atoms with Gasteiger partial charge in [-0.3, -0.25) is 5.41 Å². The number of nitrogen functional groups attached to an aromatic ring is 1. The molecule has 0 spiro atoms. The number of imidazole rings is 1. The van der Waals surface area contributed by atoms with E-state index in [1.807, 2.05) is 26.8 Å². The second kappa shape index (κ2) is 10.3. The molecule has 4 aromatic rings. The Balaban J connectivity index is 1.80. The molecule has 0 saturated heterocycles. The van der Waals surface area contributed by atoms with Gasteiger partial charge < -0.3 is 29.9 Å². The van der Waals surface area contributed by atoms with Crippen LogP contribution in [0.5, 0.6) is 11.5 Å². The fourth-order valence-corrected chi connectivity index (χ4v) is 3.65. The van der Waals surface area contributed by atoms with E-state index in [0.29, 0.717) is 35.0 Å². The van der Waals surface area contributed by atoms with Gasteiger partial charge >= 0.3 is 0 Å². The summed E-state index contributed by atoms with van der Waals surface area (Å²) in [6.45, 7) is 5.95. The van der Waals surface area contributed by atoms with E-state index in [1.165, 1.54) is 0 Å². The van der Waals surface area contributed by atoms with Gasteiger partial charge in [0.15, 0.2) is 11.6 Å². The maximum atomic E-state index is 15.8. The SMILES string of the molecule is CCOc1cc(OC(C)C)c(F)c(C(Nc2ccc(C(=N)N)cc2)c2ncc(-c3ccoc3)[nH]2)c1. The standard InChI is InChI=1S/C26H28FN5O3/c1-4-34-19-11-20(23(27)22(12-19)35-15(2)3)24(31-18-7-5-16(6-8-18)25(28)29)26-30-13-21(32-26)17-9-10-33-14-17/h5-15,24,31H,4H2,1-3H3,(H3,28,29)(H,30,32). The van der Waals surface area contributed by atoms with E-state index in [1.54, 1.807) is 55.1 Å². The average Bonchev–Trinajstić information content (AvgIpc) is 3.52. The Morgan fingerprint density at radius 3 is 2.63 bits per heavy atom. The van der Waals surface area contributed by atoms with Crippen molar-refractivity contribution in [3.05, 3.63) is 84.0 Å². The lowest BCUT2D eigenvalue weighted by molar-refractivity contribution is 0.228. The van der Waals surface area contributed by atoms with Crippen LogP contribution in [0.4, 0.5) is 10.1 Å². The zero-order valence-electron chi connectivity index (χ0n) is 19.8. The normalized spacial score (nSPS) is 11.9. The van der Waals surface area contributed by atoms with Crippen LogP contribution in [0.3, 0.4) is 0 Å². The van der Waals surface area contributed by atoms with Crippen LogP contribution in [-0.2, 0) is 0 Å². The minimum Gasteiger partial charge on any atom is -0.494 e. The first-order valence-corrected chi connectivity index (χ1v) is 11.3. The molecule has 0 aliphatic heterocycles. The van der Waals surface area contributed by atoms with Crippen LogP contribution in [0.2, 0.25) is 0 Å². The van der Waals surface area contributed by atoms with E-state index in [0.717, 1.165) is 11.3 Å². The fraction of sp³-hybridized carbons (Fsp3) is 0.231. The summed E-state index contributed by atoms with van der Waals surface area (Å²) in [5, 5.41) is 11.0. The lowest BCUT2D eigenvalue weighted by Gasteiger charge is -2.22. The summed E-state index contributed by atoms with van der Waals surface area (Å²) >= 11 is 0. The van der Waals surface area contributed by atoms with E-state index < -0.39 is 11.9 Å². The Kier molecular flexibility index (Phi) is 7.05. The smallest absolute Gasteiger partial charge is 0.171 e. The molecule has 182 valence electrons. The molecule has 2 aromatic heterocycles. The number of H-pyrrole nitrogens is 1. The zero-order chi connectivity index (χ0) is 24.9. The zero-order valence-corrected chi connectivity index (χ0v) is 19.8. The lowest BCUT2D eigenvalue weighted by Crippen LogP contribution is -2.18. The average molecular weight is 478 g/mol. The van der Waals surface area contributed by atoms with Gasteiger partial charge in [0.25, 0.3) is 0 Å². The third kappa shape index (κ3) is 5.46. The summed E-state index contributed by atoms with van der Waals surface area (Å²) in [5.74, 6) is 0.525. The van der Waals surface area contributed by atoms with Gasteiger partial charge in [-0.25, -0.2) is 9.37 Å². The van der Waals surface area contributed by atoms with Crippen molar-refractivity contribution in [2.45, 2.75) is 32.9 Å². The van der Waals surface area contributed by atoms with Crippen LogP contribution in [0, 0.1) is 11.2 Å². The minimum absolute atomic E-state index is 0.0326. The molecule has 4 rings (SSSR count). The number of halogens is 1. The number of hydrogen-bond donors (Lipinski definition) is 4. The topological polar surface area (TPSA) is 122 Å². The number of nitrogens with one attached hydrogen (secondary N) is 3. The van der Waals surface area contributed by atoms with Gasteiger partial charge in [0.05, 0.1) is 37.1 Å². The second-order valence-electron chi connectivity index (χ2n) is 8.19. The molecule has 35 heavy (non-hydrogen) atoms. The number of aromatic amines is 1. The Morgan fingerprint density at radius 1 is 1.23 bits per heavy atom. The summed E-state index contributed by atoms with van der Waals surface area (Å²) in [6.07, 6.45) is 4.62. The van der Waals surface area contributed by atoms with Crippen LogP contribution in [-0.4, -0.2) is 28.5 Å². The fourth-order valence-electron chi connectivity index (χ4n) is 3.65. The molecule has 0 aliphatic carbocycles. The maximum absolute atomic E-state index is 15.8. The highest BCUT2D eigenvalue weighted by Gasteiger charge is 2.26. The van der Waals surface area contributed by atoms with Gasteiger partial charge in [0.2, 0.25) is 0 Å². The van der Waals surface area contributed by atoms with E-state index in [2.05, 4.69) is 15.3 Å². The van der Waals surface area contributed by atoms with E-state index in [-0.39, 0.29) is 17.7 Å². The second-order valence-corrected chi connectivity index (χ2v) is 8.19. The van der Waals surface area contributed by atoms with Gasteiger partial charge in [-0.2, -0.15) is 0 Å². The summed E-state index contributed by atoms with van der Waals surface area (Å²) in [7, 11) is 0. The van der Waals surface area contributed by atoms with Crippen LogP contribution in [0.1, 0.15) is 43.8 Å². The highest BCUT2D eigenvalue weighted by atomic mass is 19.1. The quantitative estimate of drug-likeness (QED) is 0.177. The number of rotatable bonds is 10. The monoisotopic (exact) mass is 477 g/mol. The number of nitrogens with two attached hydrogens (primary N) is 1. The summed E-state index contributed by atoms with van der Waals surface area (Å²) in [5.41, 5.74) is 8.71. The maximum Gasteiger partial charge on any atom is 0.171 e. The number of benzene rings is 2. The summed E-state index contributed by atoms with van der Waals surface area (Å²) in [6, 6.07) is 11.3. The predicted molar refractivity (Wildman–Crippen MR) is 133 cm³/mol. The first kappa shape index (κ1) is 23.9. The first-order valence-electron chi connectivity index (χ1n) is 11.3. The van der Waals surface area contributed by atoms with Crippen molar-refractivity contribution in [2.75, 3.05) is 11.9 Å². The van der Waals surface area contributed by atoms with Crippen LogP contribution in [0.25, 0.3) is 11.3 Å². The number of aromatic nitrogens is 2. The van der Waals surface area contributed by atoms with E-state index >= 15 is 4.39 Å². The highest BCUT2D eigenvalue weighted by Crippen LogP contribution is 2.36. The van der Waals surface area contributed by atoms with Gasteiger partial charge in [-0.15, -0.1) is 0 Å². The van der Waals surface area contributed by atoms with E-state index in [4.69, 9.17) is 25.0 Å². The third-order valence-corrected chi connectivity index (χ3v) is 5.23. The van der Waals surface area contributed by atoms with Gasteiger partial charge in [-0.05, 0) is 57.2 Å². The Morgan fingerprint density at radius 2 is 2.00 bits per heavy atom. The van der Waals surface area contributed by atoms with Crippen molar-refractivity contribution in [1.82, 2.24) is 9.97 Å². The molecule has 8 nitrogen and oxygen atoms in total. The Labute approximate surface area is 202 Å². The molecule has 0 amide bonds. The van der Waals surface area contributed by atoms with Crippen LogP contribution < -0.4 is 20.5 Å². The van der Waals surface area contributed by atoms with Crippen molar-refractivity contribution in [2.24, 2.45) is 5.73 Å². The molecule has 0 saturated carbocycles. The number of hydrogen-bond acceptors (Lipinski definition) is 6. The minimum atomic E-state index is -0.714. The molecule has 1 atom stereocenters. The van der Waals surface area contributed by atoms with E-state index in [9.17, 15) is 0 Å². The van der Waals surface area contributed by atoms with Crippen molar-refractivity contribution in [1.29, 1.82) is 5.41 Å². The van der Waals surface area contributed by atoms with Crippen molar-refractivity contribution in [3.8, 4) is 22.8 Å². The summed E-state index contributed by atoms with van der Waals surface area (Å²) < 4.78 is 32.5. The molecule has 0 aliphatic rings. The van der Waals surface area contributed by atoms with Crippen molar-refractivity contribution >= 4 is 11.5 Å². The molecule has 0 bridgehead atoms. The Bertz CT molecular complexity index is 1280. The molecular weight excluding hydrogens is 449 g/mol. The number of amidine groups is 1. The van der Waals surface area contributed by atoms with Gasteiger partial charge in [0.1, 0.15) is 23.5 Å². The molecule has 1 unspecified atom stereocenters. The Hall–Kier alpha value is -4.27. The molecule has 9 heteroatoms. The van der Waals surface area contributed by atoms with Crippen LogP contribution >= 0.6 is 0 Å². The number of anilines is 1. The number of furan rings is 1. The van der Waals surface area contributed by atoms with Crippen molar-refractivity contribution in [3.63, 3.8) is 0 Å². The van der Waals surface area contributed by atoms with Gasteiger partial charge in [-0.1, -0.05) is 0 Å². The highest BCUT2D eigenvalue weighted by molar-refractivity contribution is 5.95. The molecule has 5 N–H and O–H groups in total. The van der Waals surface area contributed by atoms with Crippen LogP contribution in [0.15, 0.2) is 65.6 Å². The molecule has 2 aromatic carbocycles. The number of nitrogens with zero attached hydrogens (tertiary/aromatic N) is 1. The first-order chi connectivity index (χ1) is 16.9. The molecule has 0 radical (unpaired) electrons. The largest absolute Gasteiger partial charge is 0.494 e. The summed E-state index contributed by atoms with van der Waals surface area (Å²) in [4.78, 5) is 7.80. The third-order valence-electron chi connectivity index (χ3n) is 5.23. The predicted octanol–water partition coefficient (Wildman–Crippen LogP) is 5.48. The van der Waals surface area contributed by atoms with Crippen molar-refractivity contribution < 1.29 is 18.3 Å².